The van der Waals surface area contributed by atoms with Crippen LogP contribution in [0.3, 0.4) is 0 Å². The molecule has 1 radical (unpaired) electrons. The van der Waals surface area contributed by atoms with Gasteiger partial charge in [-0.15, -0.1) is 35.4 Å². The fourth-order valence-electron chi connectivity index (χ4n) is 6.27. The molecule has 1 fully saturated rings. The van der Waals surface area contributed by atoms with Crippen molar-refractivity contribution < 1.29 is 30.0 Å². The molecule has 5 aromatic rings. The standard InChI is InChI=1S/C28H23N2.C13H24O2.Ir/c1-2-7-19(8-3-1)22-10-6-11-23(17-22)27-25-16-15-21-14-13-20-9-4-5-12-24(20)26(21)28(25)30-18-29-27;1-7-13(6,8-2)11(15)9-10(14)12(3,4)5;/h4-6,9-10,12-19H,1-3,7-8H2;9,15H,7-8H2,1-6H3;/q-1;;/b;11-9-;. The Morgan fingerprint density at radius 1 is 0.891 bits per heavy atom. The van der Waals surface area contributed by atoms with Crippen LogP contribution >= 0.6 is 0 Å². The molecule has 0 aliphatic heterocycles. The van der Waals surface area contributed by atoms with Crippen LogP contribution in [0.2, 0.25) is 0 Å². The van der Waals surface area contributed by atoms with Crippen LogP contribution < -0.4 is 0 Å². The van der Waals surface area contributed by atoms with Gasteiger partial charge in [0.1, 0.15) is 12.1 Å². The van der Waals surface area contributed by atoms with Gasteiger partial charge >= 0.3 is 0 Å². The summed E-state index contributed by atoms with van der Waals surface area (Å²) in [5, 5.41) is 15.9. The van der Waals surface area contributed by atoms with E-state index in [1.165, 1.54) is 65.3 Å². The van der Waals surface area contributed by atoms with Gasteiger partial charge in [-0.05, 0) is 58.8 Å². The van der Waals surface area contributed by atoms with Gasteiger partial charge in [0.2, 0.25) is 0 Å². The van der Waals surface area contributed by atoms with E-state index in [2.05, 4.69) is 72.8 Å². The molecule has 0 amide bonds. The first-order chi connectivity index (χ1) is 21.6. The summed E-state index contributed by atoms with van der Waals surface area (Å²) in [5.74, 6) is 0.866. The normalized spacial score (nSPS) is 14.5. The average Bonchev–Trinajstić information content (AvgIpc) is 3.07. The maximum Gasteiger partial charge on any atom is 0.164 e. The zero-order valence-corrected chi connectivity index (χ0v) is 30.5. The Labute approximate surface area is 288 Å². The van der Waals surface area contributed by atoms with Crippen molar-refractivity contribution in [2.75, 3.05) is 0 Å². The van der Waals surface area contributed by atoms with Gasteiger partial charge in [-0.3, -0.25) is 9.78 Å². The van der Waals surface area contributed by atoms with E-state index in [1.807, 2.05) is 41.5 Å². The topological polar surface area (TPSA) is 63.1 Å². The molecule has 0 spiro atoms. The SMILES string of the molecule is CCC(C)(CC)/C(O)=C/C(=O)C(C)(C)C.[Ir].[c-]1ccc(C2CCCCC2)cc1-c1ncnc2c1ccc1ccc3ccccc3c12. The van der Waals surface area contributed by atoms with Crippen molar-refractivity contribution in [2.24, 2.45) is 10.8 Å². The molecule has 243 valence electrons. The van der Waals surface area contributed by atoms with E-state index in [0.29, 0.717) is 5.92 Å². The fraction of sp³-hybridized carbons (Fsp3) is 0.390. The van der Waals surface area contributed by atoms with Crippen LogP contribution in [0.25, 0.3) is 43.7 Å². The average molecular weight is 792 g/mol. The Morgan fingerprint density at radius 3 is 2.26 bits per heavy atom. The summed E-state index contributed by atoms with van der Waals surface area (Å²) in [7, 11) is 0. The third-order valence-corrected chi connectivity index (χ3v) is 9.85. The van der Waals surface area contributed by atoms with Crippen LogP contribution in [0.1, 0.15) is 98.0 Å². The number of aliphatic hydroxyl groups is 1. The Morgan fingerprint density at radius 2 is 1.57 bits per heavy atom. The van der Waals surface area contributed by atoms with Crippen molar-refractivity contribution in [1.29, 1.82) is 0 Å². The molecule has 4 aromatic carbocycles. The van der Waals surface area contributed by atoms with Crippen molar-refractivity contribution in [3.63, 3.8) is 0 Å². The maximum atomic E-state index is 11.7. The van der Waals surface area contributed by atoms with E-state index >= 15 is 0 Å². The van der Waals surface area contributed by atoms with Gasteiger partial charge in [-0.2, -0.15) is 0 Å². The number of ketones is 1. The van der Waals surface area contributed by atoms with Crippen molar-refractivity contribution in [3.8, 4) is 11.3 Å². The molecule has 0 unspecified atom stereocenters. The number of nitrogens with zero attached hydrogens (tertiary/aromatic N) is 2. The summed E-state index contributed by atoms with van der Waals surface area (Å²) in [4.78, 5) is 21.2. The Hall–Kier alpha value is -3.40. The van der Waals surface area contributed by atoms with Gasteiger partial charge in [0.05, 0.1) is 5.52 Å². The minimum Gasteiger partial charge on any atom is -0.512 e. The molecule has 46 heavy (non-hydrogen) atoms. The van der Waals surface area contributed by atoms with Crippen LogP contribution in [-0.2, 0) is 24.9 Å². The first-order valence-electron chi connectivity index (χ1n) is 16.6. The second-order valence-electron chi connectivity index (χ2n) is 13.9. The molecule has 1 heterocycles. The summed E-state index contributed by atoms with van der Waals surface area (Å²) < 4.78 is 0. The molecule has 1 aromatic heterocycles. The predicted molar refractivity (Wildman–Crippen MR) is 189 cm³/mol. The number of carbonyl (C=O) groups excluding carboxylic acids is 1. The Bertz CT molecular complexity index is 1840. The quantitative estimate of drug-likeness (QED) is 0.0805. The third-order valence-electron chi connectivity index (χ3n) is 9.85. The van der Waals surface area contributed by atoms with E-state index in [1.54, 1.807) is 6.33 Å². The molecule has 1 aliphatic rings. The van der Waals surface area contributed by atoms with Crippen LogP contribution in [0.15, 0.2) is 84.9 Å². The Balaban J connectivity index is 0.000000259. The monoisotopic (exact) mass is 792 g/mol. The van der Waals surface area contributed by atoms with E-state index in [-0.39, 0.29) is 37.1 Å². The largest absolute Gasteiger partial charge is 0.512 e. The van der Waals surface area contributed by atoms with Crippen molar-refractivity contribution in [1.82, 2.24) is 9.97 Å². The summed E-state index contributed by atoms with van der Waals surface area (Å²) in [6.07, 6.45) is 11.4. The number of hydrogen-bond donors (Lipinski definition) is 1. The minimum atomic E-state index is -0.420. The van der Waals surface area contributed by atoms with Crippen LogP contribution in [0, 0.1) is 16.9 Å². The number of rotatable bonds is 6. The minimum absolute atomic E-state index is 0. The second kappa shape index (κ2) is 15.0. The molecule has 1 saturated carbocycles. The smallest absolute Gasteiger partial charge is 0.164 e. The second-order valence-corrected chi connectivity index (χ2v) is 13.9. The summed E-state index contributed by atoms with van der Waals surface area (Å²) in [6, 6.07) is 27.4. The van der Waals surface area contributed by atoms with Gasteiger partial charge in [-0.25, -0.2) is 4.98 Å². The van der Waals surface area contributed by atoms with Crippen LogP contribution in [0.4, 0.5) is 0 Å². The molecule has 0 saturated heterocycles. The maximum absolute atomic E-state index is 11.7. The van der Waals surface area contributed by atoms with E-state index < -0.39 is 5.41 Å². The van der Waals surface area contributed by atoms with Gasteiger partial charge in [0.15, 0.2) is 5.78 Å². The number of benzene rings is 4. The van der Waals surface area contributed by atoms with Gasteiger partial charge in [-0.1, -0.05) is 109 Å². The molecule has 1 aliphatic carbocycles. The first kappa shape index (κ1) is 35.5. The zero-order valence-electron chi connectivity index (χ0n) is 28.1. The van der Waals surface area contributed by atoms with Crippen molar-refractivity contribution >= 4 is 38.2 Å². The fourth-order valence-corrected chi connectivity index (χ4v) is 6.27. The van der Waals surface area contributed by atoms with E-state index in [0.717, 1.165) is 35.0 Å². The molecule has 1 N–H and O–H groups in total. The molecule has 0 atom stereocenters. The zero-order chi connectivity index (χ0) is 32.2. The first-order valence-corrected chi connectivity index (χ1v) is 16.6. The molecular formula is C41H47IrN2O2-. The summed E-state index contributed by atoms with van der Waals surface area (Å²) >= 11 is 0. The van der Waals surface area contributed by atoms with E-state index in [9.17, 15) is 9.90 Å². The molecule has 0 bridgehead atoms. The van der Waals surface area contributed by atoms with Crippen molar-refractivity contribution in [2.45, 2.75) is 92.4 Å². The molecule has 6 rings (SSSR count). The number of aliphatic hydroxyl groups excluding tert-OH is 1. The van der Waals surface area contributed by atoms with Crippen LogP contribution in [0.5, 0.6) is 0 Å². The van der Waals surface area contributed by atoms with Gasteiger partial charge in [0.25, 0.3) is 0 Å². The Kier molecular flexibility index (Phi) is 11.6. The van der Waals surface area contributed by atoms with Gasteiger partial charge < -0.3 is 5.11 Å². The van der Waals surface area contributed by atoms with Gasteiger partial charge in [0, 0.05) is 42.4 Å². The number of allylic oxidation sites excluding steroid dienone is 2. The number of aromatic nitrogens is 2. The molecular weight excluding hydrogens is 745 g/mol. The predicted octanol–water partition coefficient (Wildman–Crippen LogP) is 11.3. The molecule has 4 nitrogen and oxygen atoms in total. The van der Waals surface area contributed by atoms with E-state index in [4.69, 9.17) is 9.97 Å². The third kappa shape index (κ3) is 7.59. The number of fused-ring (bicyclic) bond motifs is 5. The summed E-state index contributed by atoms with van der Waals surface area (Å²) in [5.41, 5.74) is 3.82. The number of hydrogen-bond acceptors (Lipinski definition) is 4. The van der Waals surface area contributed by atoms with Crippen molar-refractivity contribution in [3.05, 3.63) is 96.5 Å². The molecule has 5 heteroatoms. The number of carbonyl (C=O) groups is 1. The van der Waals surface area contributed by atoms with Crippen LogP contribution in [-0.4, -0.2) is 20.9 Å². The summed E-state index contributed by atoms with van der Waals surface area (Å²) in [6.45, 7) is 11.6.